The van der Waals surface area contributed by atoms with Gasteiger partial charge in [-0.25, -0.2) is 4.79 Å². The van der Waals surface area contributed by atoms with Crippen LogP contribution in [0.5, 0.6) is 5.75 Å². The molecule has 2 aromatic rings. The number of aryl methyl sites for hydroxylation is 2. The molecule has 7 heteroatoms. The van der Waals surface area contributed by atoms with E-state index in [2.05, 4.69) is 62.7 Å². The molecule has 2 unspecified atom stereocenters. The van der Waals surface area contributed by atoms with Crippen molar-refractivity contribution in [1.29, 1.82) is 0 Å². The average Bonchev–Trinajstić information content (AvgIpc) is 3.30. The van der Waals surface area contributed by atoms with E-state index < -0.39 is 0 Å². The number of hydrogen-bond acceptors (Lipinski definition) is 7. The van der Waals surface area contributed by atoms with E-state index in [0.29, 0.717) is 29.0 Å². The Bertz CT molecular complexity index is 1090. The van der Waals surface area contributed by atoms with Gasteiger partial charge in [0.1, 0.15) is 11.3 Å². The molecule has 0 amide bonds. The molecule has 1 aromatic heterocycles. The number of anilines is 1. The summed E-state index contributed by atoms with van der Waals surface area (Å²) in [6, 6.07) is 4.22. The van der Waals surface area contributed by atoms with E-state index in [1.165, 1.54) is 62.7 Å². The van der Waals surface area contributed by atoms with E-state index in [9.17, 15) is 4.79 Å². The largest absolute Gasteiger partial charge is 0.495 e. The van der Waals surface area contributed by atoms with Gasteiger partial charge in [0.25, 0.3) is 0 Å². The Morgan fingerprint density at radius 3 is 2.02 bits per heavy atom. The molecule has 6 nitrogen and oxygen atoms in total. The van der Waals surface area contributed by atoms with Gasteiger partial charge in [0.15, 0.2) is 5.00 Å². The van der Waals surface area contributed by atoms with Gasteiger partial charge in [-0.05, 0) is 69.1 Å². The smallest absolute Gasteiger partial charge is 0.341 e. The van der Waals surface area contributed by atoms with E-state index in [-0.39, 0.29) is 5.97 Å². The van der Waals surface area contributed by atoms with Gasteiger partial charge in [-0.2, -0.15) is 0 Å². The highest BCUT2D eigenvalue weighted by Gasteiger charge is 2.23. The second kappa shape index (κ2) is 18.2. The Morgan fingerprint density at radius 2 is 1.54 bits per heavy atom. The van der Waals surface area contributed by atoms with E-state index in [1.54, 1.807) is 7.11 Å². The number of carbonyl (C=O) groups is 1. The van der Waals surface area contributed by atoms with Gasteiger partial charge < -0.3 is 14.4 Å². The number of thiophene rings is 1. The Morgan fingerprint density at radius 1 is 0.927 bits per heavy atom. The maximum atomic E-state index is 12.7. The number of esters is 1. The van der Waals surface area contributed by atoms with E-state index in [1.807, 2.05) is 19.9 Å². The minimum absolute atomic E-state index is 0.328. The summed E-state index contributed by atoms with van der Waals surface area (Å²) in [4.78, 5) is 16.4. The van der Waals surface area contributed by atoms with Gasteiger partial charge in [-0.1, -0.05) is 73.1 Å². The van der Waals surface area contributed by atoms with Gasteiger partial charge in [-0.15, -0.1) is 21.6 Å². The zero-order valence-corrected chi connectivity index (χ0v) is 28.1. The van der Waals surface area contributed by atoms with Crippen molar-refractivity contribution in [3.05, 3.63) is 33.7 Å². The first-order valence-electron chi connectivity index (χ1n) is 15.9. The quantitative estimate of drug-likeness (QED) is 0.121. The summed E-state index contributed by atoms with van der Waals surface area (Å²) in [6.07, 6.45) is 10.7. The summed E-state index contributed by atoms with van der Waals surface area (Å²) in [5.74, 6) is 1.79. The first-order chi connectivity index (χ1) is 19.8. The number of hydrogen-bond donors (Lipinski definition) is 0. The van der Waals surface area contributed by atoms with Crippen molar-refractivity contribution >= 4 is 33.7 Å². The molecule has 0 radical (unpaired) electrons. The molecule has 0 aliphatic heterocycles. The van der Waals surface area contributed by atoms with E-state index >= 15 is 0 Å². The molecule has 1 heterocycles. The molecular weight excluding hydrogens is 530 g/mol. The van der Waals surface area contributed by atoms with Gasteiger partial charge >= 0.3 is 5.97 Å². The maximum absolute atomic E-state index is 12.7. The maximum Gasteiger partial charge on any atom is 0.341 e. The fourth-order valence-electron chi connectivity index (χ4n) is 5.40. The van der Waals surface area contributed by atoms with Crippen LogP contribution in [0.25, 0.3) is 0 Å². The third-order valence-electron chi connectivity index (χ3n) is 8.16. The second-order valence-corrected chi connectivity index (χ2v) is 12.2. The van der Waals surface area contributed by atoms with Crippen LogP contribution in [0, 0.1) is 25.7 Å². The Labute approximate surface area is 253 Å². The molecule has 0 bridgehead atoms. The van der Waals surface area contributed by atoms with Crippen molar-refractivity contribution in [3.63, 3.8) is 0 Å². The molecule has 0 aliphatic rings. The summed E-state index contributed by atoms with van der Waals surface area (Å²) in [6.45, 7) is 19.5. The molecule has 41 heavy (non-hydrogen) atoms. The summed E-state index contributed by atoms with van der Waals surface area (Å²) in [5.41, 5.74) is 4.40. The van der Waals surface area contributed by atoms with Crippen molar-refractivity contribution in [2.75, 3.05) is 31.7 Å². The fourth-order valence-corrected chi connectivity index (χ4v) is 6.46. The molecule has 230 valence electrons. The Kier molecular flexibility index (Phi) is 15.4. The lowest BCUT2D eigenvalue weighted by molar-refractivity contribution is 0.0527. The second-order valence-electron chi connectivity index (χ2n) is 11.2. The molecule has 2 atom stereocenters. The predicted octanol–water partition coefficient (Wildman–Crippen LogP) is 10.8. The lowest BCUT2D eigenvalue weighted by atomic mass is 9.95. The highest BCUT2D eigenvalue weighted by Crippen LogP contribution is 2.40. The van der Waals surface area contributed by atoms with Crippen molar-refractivity contribution in [2.45, 2.75) is 113 Å². The van der Waals surface area contributed by atoms with Gasteiger partial charge in [-0.3, -0.25) is 0 Å². The SMILES string of the molecule is CCCCC(CC)CN(CC(CC)CCCC)c1cc(C)c(N=Nc2sc(CC)c(C)c2C(=O)OCC)cc1OC. The number of nitrogens with zero attached hydrogens (tertiary/aromatic N) is 3. The minimum atomic E-state index is -0.336. The molecule has 0 saturated heterocycles. The average molecular weight is 586 g/mol. The standard InChI is InChI=1S/C34H55N3O3S/c1-10-16-18-26(12-3)22-37(23-27(13-4)19-17-11-2)29-20-24(7)28(21-30(29)39-9)35-36-33-32(34(38)40-15-6)25(8)31(14-5)41-33/h20-21,26-27H,10-19,22-23H2,1-9H3. The third-order valence-corrected chi connectivity index (χ3v) is 9.48. The van der Waals surface area contributed by atoms with Crippen molar-refractivity contribution in [3.8, 4) is 5.75 Å². The molecule has 0 aliphatic carbocycles. The normalized spacial score (nSPS) is 13.0. The van der Waals surface area contributed by atoms with Gasteiger partial charge in [0.05, 0.1) is 25.1 Å². The summed E-state index contributed by atoms with van der Waals surface area (Å²) >= 11 is 1.51. The van der Waals surface area contributed by atoms with Crippen LogP contribution in [0.1, 0.15) is 119 Å². The van der Waals surface area contributed by atoms with Crippen LogP contribution in [0.15, 0.2) is 22.4 Å². The molecule has 2 rings (SSSR count). The van der Waals surface area contributed by atoms with E-state index in [4.69, 9.17) is 9.47 Å². The lowest BCUT2D eigenvalue weighted by Crippen LogP contribution is -2.34. The summed E-state index contributed by atoms with van der Waals surface area (Å²) in [7, 11) is 1.74. The topological polar surface area (TPSA) is 63.5 Å². The Balaban J connectivity index is 2.50. The number of benzene rings is 1. The monoisotopic (exact) mass is 585 g/mol. The lowest BCUT2D eigenvalue weighted by Gasteiger charge is -2.33. The zero-order valence-electron chi connectivity index (χ0n) is 27.3. The number of unbranched alkanes of at least 4 members (excludes halogenated alkanes) is 2. The molecule has 0 fully saturated rings. The van der Waals surface area contributed by atoms with Crippen LogP contribution in [-0.4, -0.2) is 32.8 Å². The molecule has 1 aromatic carbocycles. The third kappa shape index (κ3) is 9.83. The van der Waals surface area contributed by atoms with Gasteiger partial charge in [0.2, 0.25) is 0 Å². The predicted molar refractivity (Wildman–Crippen MR) is 175 cm³/mol. The Hall–Kier alpha value is -2.41. The zero-order chi connectivity index (χ0) is 30.4. The highest BCUT2D eigenvalue weighted by atomic mass is 32.1. The first kappa shape index (κ1) is 34.8. The van der Waals surface area contributed by atoms with Crippen molar-refractivity contribution in [2.24, 2.45) is 22.1 Å². The number of methoxy groups -OCH3 is 1. The minimum Gasteiger partial charge on any atom is -0.495 e. The summed E-state index contributed by atoms with van der Waals surface area (Å²) in [5, 5.41) is 9.83. The molecular formula is C34H55N3O3S. The first-order valence-corrected chi connectivity index (χ1v) is 16.7. The van der Waals surface area contributed by atoms with Crippen LogP contribution in [0.3, 0.4) is 0 Å². The van der Waals surface area contributed by atoms with E-state index in [0.717, 1.165) is 52.6 Å². The molecule has 0 spiro atoms. The van der Waals surface area contributed by atoms with Crippen LogP contribution in [0.4, 0.5) is 16.4 Å². The van der Waals surface area contributed by atoms with Crippen LogP contribution >= 0.6 is 11.3 Å². The summed E-state index contributed by atoms with van der Waals surface area (Å²) < 4.78 is 11.3. The number of rotatable bonds is 19. The van der Waals surface area contributed by atoms with Crippen LogP contribution in [0.2, 0.25) is 0 Å². The van der Waals surface area contributed by atoms with Crippen molar-refractivity contribution < 1.29 is 14.3 Å². The number of azo groups is 1. The number of carbonyl (C=O) groups excluding carboxylic acids is 1. The van der Waals surface area contributed by atoms with Crippen LogP contribution in [-0.2, 0) is 11.2 Å². The molecule has 0 saturated carbocycles. The fraction of sp³-hybridized carbons (Fsp3) is 0.676. The van der Waals surface area contributed by atoms with Crippen molar-refractivity contribution in [1.82, 2.24) is 0 Å². The van der Waals surface area contributed by atoms with Gasteiger partial charge in [0, 0.05) is 24.0 Å². The molecule has 0 N–H and O–H groups in total. The van der Waals surface area contributed by atoms with Crippen LogP contribution < -0.4 is 9.64 Å². The number of ether oxygens (including phenoxy) is 2. The highest BCUT2D eigenvalue weighted by molar-refractivity contribution is 7.16.